The molecule has 8 nitrogen and oxygen atoms in total. The van der Waals surface area contributed by atoms with Crippen LogP contribution in [0.5, 0.6) is 0 Å². The molecule has 0 amide bonds. The van der Waals surface area contributed by atoms with Crippen molar-refractivity contribution in [3.05, 3.63) is 111 Å². The fraction of sp³-hybridized carbons (Fsp3) is 0.219. The molecule has 0 radical (unpaired) electrons. The molecular formula is C32H28Cl2N8. The van der Waals surface area contributed by atoms with Crippen molar-refractivity contribution in [1.29, 1.82) is 10.5 Å². The zero-order valence-corrected chi connectivity index (χ0v) is 24.3. The quantitative estimate of drug-likeness (QED) is 0.159. The van der Waals surface area contributed by atoms with Crippen LogP contribution in [0.25, 0.3) is 10.9 Å². The molecule has 4 N–H and O–H groups in total. The van der Waals surface area contributed by atoms with Gasteiger partial charge in [0.2, 0.25) is 0 Å². The number of nitrogens with zero attached hydrogens (tertiary/aromatic N) is 4. The van der Waals surface area contributed by atoms with Crippen molar-refractivity contribution in [2.45, 2.75) is 44.3 Å². The van der Waals surface area contributed by atoms with Crippen molar-refractivity contribution < 1.29 is 1.37 Å². The van der Waals surface area contributed by atoms with Crippen LogP contribution in [0, 0.1) is 22.7 Å². The number of rotatable bonds is 9. The third-order valence-electron chi connectivity index (χ3n) is 7.43. The van der Waals surface area contributed by atoms with Crippen molar-refractivity contribution in [1.82, 2.24) is 21.0 Å². The number of hydrogen-bond donors (Lipinski definition) is 4. The number of hydrazine groups is 2. The molecule has 210 valence electrons. The summed E-state index contributed by atoms with van der Waals surface area (Å²) in [4.78, 5) is 4.50. The van der Waals surface area contributed by atoms with Crippen LogP contribution in [0.4, 0.5) is 11.4 Å². The largest absolute Gasteiger partial charge is 0.377 e. The number of aromatic nitrogens is 1. The van der Waals surface area contributed by atoms with E-state index in [1.807, 2.05) is 47.6 Å². The predicted octanol–water partition coefficient (Wildman–Crippen LogP) is 7.33. The first-order valence-electron chi connectivity index (χ1n) is 14.2. The Morgan fingerprint density at radius 3 is 2.57 bits per heavy atom. The maximum absolute atomic E-state index is 10.0. The van der Waals surface area contributed by atoms with E-state index in [4.69, 9.17) is 23.2 Å². The highest BCUT2D eigenvalue weighted by molar-refractivity contribution is 6.36. The van der Waals surface area contributed by atoms with Gasteiger partial charge in [0.1, 0.15) is 12.1 Å². The van der Waals surface area contributed by atoms with Gasteiger partial charge in [-0.15, -0.1) is 5.53 Å². The van der Waals surface area contributed by atoms with Crippen LogP contribution in [0.2, 0.25) is 10.0 Å². The van der Waals surface area contributed by atoms with E-state index in [2.05, 4.69) is 45.6 Å². The van der Waals surface area contributed by atoms with Crippen molar-refractivity contribution in [3.8, 4) is 12.1 Å². The summed E-state index contributed by atoms with van der Waals surface area (Å²) in [6.07, 6.45) is 6.25. The molecular weight excluding hydrogens is 567 g/mol. The van der Waals surface area contributed by atoms with Crippen molar-refractivity contribution in [3.63, 3.8) is 0 Å². The number of pyridine rings is 1. The van der Waals surface area contributed by atoms with Crippen LogP contribution in [-0.2, 0) is 0 Å². The molecule has 4 aromatic rings. The van der Waals surface area contributed by atoms with Crippen LogP contribution >= 0.6 is 23.2 Å². The van der Waals surface area contributed by atoms with Gasteiger partial charge in [-0.25, -0.2) is 0 Å². The third-order valence-corrected chi connectivity index (χ3v) is 8.12. The number of anilines is 2. The molecule has 2 aliphatic rings. The van der Waals surface area contributed by atoms with E-state index < -0.39 is 6.02 Å². The van der Waals surface area contributed by atoms with Gasteiger partial charge in [0.15, 0.2) is 0 Å². The average Bonchev–Trinajstić information content (AvgIpc) is 3.75. The fourth-order valence-corrected chi connectivity index (χ4v) is 5.62. The van der Waals surface area contributed by atoms with E-state index in [0.29, 0.717) is 50.2 Å². The van der Waals surface area contributed by atoms with Crippen LogP contribution in [-0.4, -0.2) is 16.0 Å². The first-order valence-corrected chi connectivity index (χ1v) is 14.4. The first kappa shape index (κ1) is 26.4. The summed E-state index contributed by atoms with van der Waals surface area (Å²) in [5.41, 5.74) is 10.5. The number of benzene rings is 3. The molecule has 6 rings (SSSR count). The second-order valence-electron chi connectivity index (χ2n) is 10.2. The standard InChI is InChI=1S/C32H28Cl2N8/c1-2-27(19-7-4-3-5-8-19)39-30-21(16-36)17-37-31-25(30)13-22(14-26(31)33)38-32(24-10-6-9-20(15-35)29(24)34)28-18-42(41-40-28)23-11-12-23/h3-10,13-14,17-18,23,27,32,38,40-41H,2,11-12H2,1H3,(H,37,39)/t27-,32?/m1/s1/i32D. The van der Waals surface area contributed by atoms with Gasteiger partial charge < -0.3 is 16.1 Å². The Balaban J connectivity index is 1.48. The molecule has 1 fully saturated rings. The molecule has 1 aliphatic heterocycles. The van der Waals surface area contributed by atoms with Gasteiger partial charge in [-0.1, -0.05) is 72.6 Å². The molecule has 0 spiro atoms. The van der Waals surface area contributed by atoms with Gasteiger partial charge in [0.05, 0.1) is 51.5 Å². The van der Waals surface area contributed by atoms with Gasteiger partial charge in [-0.2, -0.15) is 10.5 Å². The van der Waals surface area contributed by atoms with E-state index in [1.54, 1.807) is 24.3 Å². The highest BCUT2D eigenvalue weighted by Crippen LogP contribution is 2.39. The Hall–Kier alpha value is -4.47. The Labute approximate surface area is 255 Å². The second kappa shape index (κ2) is 11.8. The Bertz CT molecular complexity index is 1810. The average molecular weight is 597 g/mol. The topological polar surface area (TPSA) is 112 Å². The highest BCUT2D eigenvalue weighted by Gasteiger charge is 2.33. The second-order valence-corrected chi connectivity index (χ2v) is 11.0. The smallest absolute Gasteiger partial charge is 0.103 e. The van der Waals surface area contributed by atoms with Crippen molar-refractivity contribution in [2.24, 2.45) is 0 Å². The number of halogens is 2. The molecule has 10 heteroatoms. The predicted molar refractivity (Wildman–Crippen MR) is 166 cm³/mol. The van der Waals surface area contributed by atoms with E-state index in [0.717, 1.165) is 24.8 Å². The van der Waals surface area contributed by atoms with Gasteiger partial charge >= 0.3 is 0 Å². The van der Waals surface area contributed by atoms with E-state index in [-0.39, 0.29) is 16.6 Å². The minimum absolute atomic E-state index is 0.0654. The van der Waals surface area contributed by atoms with Crippen LogP contribution < -0.4 is 21.6 Å². The van der Waals surface area contributed by atoms with Crippen LogP contribution in [0.1, 0.15) is 61.9 Å². The summed E-state index contributed by atoms with van der Waals surface area (Å²) in [5.74, 6) is 0. The number of fused-ring (bicyclic) bond motifs is 1. The van der Waals surface area contributed by atoms with Crippen LogP contribution in [0.15, 0.2) is 78.8 Å². The summed E-state index contributed by atoms with van der Waals surface area (Å²) in [5, 5.41) is 29.7. The zero-order chi connectivity index (χ0) is 30.1. The summed E-state index contributed by atoms with van der Waals surface area (Å²) in [6.45, 7) is 2.08. The zero-order valence-electron chi connectivity index (χ0n) is 23.7. The maximum Gasteiger partial charge on any atom is 0.103 e. The minimum atomic E-state index is -1.65. The lowest BCUT2D eigenvalue weighted by atomic mass is 10.00. The number of hydrogen-bond acceptors (Lipinski definition) is 8. The summed E-state index contributed by atoms with van der Waals surface area (Å²) in [7, 11) is 0. The van der Waals surface area contributed by atoms with Gasteiger partial charge in [-0.3, -0.25) is 9.99 Å². The summed E-state index contributed by atoms with van der Waals surface area (Å²) >= 11 is 13.5. The van der Waals surface area contributed by atoms with Gasteiger partial charge in [0.25, 0.3) is 0 Å². The molecule has 1 unspecified atom stereocenters. The molecule has 1 saturated carbocycles. The fourth-order valence-electron chi connectivity index (χ4n) is 5.09. The number of nitriles is 2. The highest BCUT2D eigenvalue weighted by atomic mass is 35.5. The van der Waals surface area contributed by atoms with Crippen molar-refractivity contribution >= 4 is 45.5 Å². The lowest BCUT2D eigenvalue weighted by Crippen LogP contribution is -2.38. The Kier molecular flexibility index (Phi) is 7.42. The molecule has 1 aromatic heterocycles. The van der Waals surface area contributed by atoms with Crippen LogP contribution in [0.3, 0.4) is 0 Å². The normalized spacial score (nSPS) is 16.8. The Morgan fingerprint density at radius 2 is 1.86 bits per heavy atom. The SMILES string of the molecule is [2H]C(Nc1cc(Cl)c2ncc(C#N)c(N[C@H](CC)c3ccccc3)c2c1)(C1=CN(C2CC2)NN1)c1cccc(C#N)c1Cl. The molecule has 0 bridgehead atoms. The lowest BCUT2D eigenvalue weighted by molar-refractivity contribution is 0.260. The lowest BCUT2D eigenvalue weighted by Gasteiger charge is -2.24. The molecule has 42 heavy (non-hydrogen) atoms. The molecule has 3 aromatic carbocycles. The van der Waals surface area contributed by atoms with E-state index in [1.165, 1.54) is 6.20 Å². The minimum Gasteiger partial charge on any atom is -0.377 e. The maximum atomic E-state index is 10.0. The van der Waals surface area contributed by atoms with E-state index >= 15 is 0 Å². The third kappa shape index (κ3) is 5.41. The first-order chi connectivity index (χ1) is 20.9. The Morgan fingerprint density at radius 1 is 1.07 bits per heavy atom. The monoisotopic (exact) mass is 595 g/mol. The van der Waals surface area contributed by atoms with Gasteiger partial charge in [-0.05, 0) is 43.0 Å². The molecule has 0 saturated heterocycles. The summed E-state index contributed by atoms with van der Waals surface area (Å²) in [6, 6.07) is 21.6. The van der Waals surface area contributed by atoms with Crippen molar-refractivity contribution in [2.75, 3.05) is 10.6 Å². The van der Waals surface area contributed by atoms with Gasteiger partial charge in [0, 0.05) is 35.1 Å². The molecule has 2 heterocycles. The van der Waals surface area contributed by atoms with E-state index in [9.17, 15) is 11.9 Å². The molecule has 2 atom stereocenters. The molecule has 1 aliphatic carbocycles. The summed E-state index contributed by atoms with van der Waals surface area (Å²) < 4.78 is 9.80. The number of nitrogens with one attached hydrogen (secondary N) is 4.